The highest BCUT2D eigenvalue weighted by atomic mass is 32.1. The van der Waals surface area contributed by atoms with Crippen LogP contribution in [0.3, 0.4) is 0 Å². The first-order valence-corrected chi connectivity index (χ1v) is 8.63. The Labute approximate surface area is 125 Å². The van der Waals surface area contributed by atoms with E-state index >= 15 is 0 Å². The zero-order valence-corrected chi connectivity index (χ0v) is 13.2. The number of nitrogens with one attached hydrogen (secondary N) is 1. The quantitative estimate of drug-likeness (QED) is 0.904. The van der Waals surface area contributed by atoms with Crippen LogP contribution in [0.5, 0.6) is 0 Å². The molecule has 1 aromatic carbocycles. The first-order valence-electron chi connectivity index (χ1n) is 7.75. The highest BCUT2D eigenvalue weighted by Gasteiger charge is 2.25. The monoisotopic (exact) mass is 288 g/mol. The molecule has 2 aromatic rings. The van der Waals surface area contributed by atoms with Crippen LogP contribution in [0, 0.1) is 0 Å². The van der Waals surface area contributed by atoms with E-state index in [1.165, 1.54) is 35.0 Å². The van der Waals surface area contributed by atoms with Crippen LogP contribution in [0.25, 0.3) is 10.1 Å². The third kappa shape index (κ3) is 2.84. The first-order chi connectivity index (χ1) is 9.78. The summed E-state index contributed by atoms with van der Waals surface area (Å²) >= 11 is 1.82. The number of nitrogens with zero attached hydrogens (tertiary/aromatic N) is 1. The molecule has 1 aromatic heterocycles. The largest absolute Gasteiger partial charge is 0.369 e. The van der Waals surface area contributed by atoms with Gasteiger partial charge in [-0.1, -0.05) is 6.92 Å². The predicted octanol–water partition coefficient (Wildman–Crippen LogP) is 4.26. The van der Waals surface area contributed by atoms with E-state index in [9.17, 15) is 0 Å². The Kier molecular flexibility index (Phi) is 4.27. The Morgan fingerprint density at radius 3 is 3.05 bits per heavy atom. The maximum absolute atomic E-state index is 3.67. The zero-order valence-electron chi connectivity index (χ0n) is 12.4. The minimum Gasteiger partial charge on any atom is -0.369 e. The van der Waals surface area contributed by atoms with Crippen molar-refractivity contribution in [1.82, 2.24) is 5.32 Å². The summed E-state index contributed by atoms with van der Waals surface area (Å²) < 4.78 is 1.39. The van der Waals surface area contributed by atoms with Gasteiger partial charge in [-0.2, -0.15) is 0 Å². The summed E-state index contributed by atoms with van der Waals surface area (Å²) in [5.74, 6) is 0. The molecule has 2 nitrogen and oxygen atoms in total. The number of rotatable bonds is 4. The zero-order chi connectivity index (χ0) is 13.9. The van der Waals surface area contributed by atoms with Crippen molar-refractivity contribution in [3.63, 3.8) is 0 Å². The summed E-state index contributed by atoms with van der Waals surface area (Å²) in [7, 11) is 0. The SMILES string of the molecule is CCCNC1CCN(c2ccc3sccc3c2)C(C)C1. The molecule has 2 unspecified atom stereocenters. The second kappa shape index (κ2) is 6.15. The number of hydrogen-bond donors (Lipinski definition) is 1. The minimum atomic E-state index is 0.620. The molecule has 3 heteroatoms. The molecule has 20 heavy (non-hydrogen) atoms. The third-order valence-electron chi connectivity index (χ3n) is 4.33. The first kappa shape index (κ1) is 13.9. The highest BCUT2D eigenvalue weighted by molar-refractivity contribution is 7.17. The van der Waals surface area contributed by atoms with Gasteiger partial charge in [0.25, 0.3) is 0 Å². The van der Waals surface area contributed by atoms with Crippen molar-refractivity contribution < 1.29 is 0 Å². The average molecular weight is 288 g/mol. The Bertz CT molecular complexity index is 563. The number of piperidine rings is 1. The van der Waals surface area contributed by atoms with Gasteiger partial charge in [-0.25, -0.2) is 0 Å². The van der Waals surface area contributed by atoms with Crippen molar-refractivity contribution >= 4 is 27.1 Å². The van der Waals surface area contributed by atoms with E-state index in [-0.39, 0.29) is 0 Å². The van der Waals surface area contributed by atoms with Crippen LogP contribution < -0.4 is 10.2 Å². The summed E-state index contributed by atoms with van der Waals surface area (Å²) in [6.45, 7) is 6.91. The van der Waals surface area contributed by atoms with Crippen molar-refractivity contribution in [2.24, 2.45) is 0 Å². The van der Waals surface area contributed by atoms with Gasteiger partial charge in [-0.15, -0.1) is 11.3 Å². The molecule has 1 aliphatic heterocycles. The number of benzene rings is 1. The van der Waals surface area contributed by atoms with Gasteiger partial charge in [-0.05, 0) is 67.8 Å². The van der Waals surface area contributed by atoms with Crippen LogP contribution >= 0.6 is 11.3 Å². The molecular weight excluding hydrogens is 264 g/mol. The molecule has 0 saturated carbocycles. The molecule has 1 fully saturated rings. The molecular formula is C17H24N2S. The Balaban J connectivity index is 1.71. The number of thiophene rings is 1. The lowest BCUT2D eigenvalue weighted by molar-refractivity contribution is 0.369. The van der Waals surface area contributed by atoms with Crippen molar-refractivity contribution in [3.8, 4) is 0 Å². The normalized spacial score (nSPS) is 23.4. The molecule has 108 valence electrons. The van der Waals surface area contributed by atoms with Gasteiger partial charge < -0.3 is 10.2 Å². The standard InChI is InChI=1S/C17H24N2S/c1-3-8-18-15-6-9-19(13(2)11-15)16-4-5-17-14(12-16)7-10-20-17/h4-5,7,10,12-13,15,18H,3,6,8-9,11H2,1-2H3. The molecule has 0 aliphatic carbocycles. The maximum Gasteiger partial charge on any atom is 0.0375 e. The summed E-state index contributed by atoms with van der Waals surface area (Å²) in [6.07, 6.45) is 3.73. The molecule has 2 heterocycles. The maximum atomic E-state index is 3.67. The topological polar surface area (TPSA) is 15.3 Å². The van der Waals surface area contributed by atoms with Crippen LogP contribution in [-0.2, 0) is 0 Å². The van der Waals surface area contributed by atoms with Crippen LogP contribution in [0.4, 0.5) is 5.69 Å². The van der Waals surface area contributed by atoms with Gasteiger partial charge in [0.15, 0.2) is 0 Å². The number of fused-ring (bicyclic) bond motifs is 1. The lowest BCUT2D eigenvalue weighted by atomic mass is 9.97. The minimum absolute atomic E-state index is 0.620. The van der Waals surface area contributed by atoms with E-state index in [4.69, 9.17) is 0 Å². The van der Waals surface area contributed by atoms with E-state index in [1.54, 1.807) is 0 Å². The van der Waals surface area contributed by atoms with E-state index < -0.39 is 0 Å². The second-order valence-corrected chi connectivity index (χ2v) is 6.81. The Hall–Kier alpha value is -1.06. The molecule has 0 spiro atoms. The van der Waals surface area contributed by atoms with Gasteiger partial charge >= 0.3 is 0 Å². The molecule has 1 aliphatic rings. The molecule has 1 N–H and O–H groups in total. The Morgan fingerprint density at radius 2 is 2.25 bits per heavy atom. The molecule has 0 radical (unpaired) electrons. The van der Waals surface area contributed by atoms with E-state index in [0.29, 0.717) is 12.1 Å². The number of hydrogen-bond acceptors (Lipinski definition) is 3. The van der Waals surface area contributed by atoms with Crippen molar-refractivity contribution in [1.29, 1.82) is 0 Å². The Morgan fingerprint density at radius 1 is 1.35 bits per heavy atom. The molecule has 1 saturated heterocycles. The van der Waals surface area contributed by atoms with Gasteiger partial charge in [0.2, 0.25) is 0 Å². The fourth-order valence-corrected chi connectivity index (χ4v) is 3.99. The predicted molar refractivity (Wildman–Crippen MR) is 89.9 cm³/mol. The lowest BCUT2D eigenvalue weighted by Crippen LogP contribution is -2.47. The van der Waals surface area contributed by atoms with E-state index in [0.717, 1.165) is 13.1 Å². The highest BCUT2D eigenvalue weighted by Crippen LogP contribution is 2.30. The molecule has 0 amide bonds. The van der Waals surface area contributed by atoms with E-state index in [1.807, 2.05) is 11.3 Å². The van der Waals surface area contributed by atoms with Gasteiger partial charge in [0, 0.05) is 29.0 Å². The molecule has 2 atom stereocenters. The number of anilines is 1. The fourth-order valence-electron chi connectivity index (χ4n) is 3.22. The van der Waals surface area contributed by atoms with Gasteiger partial charge in [0.05, 0.1) is 0 Å². The lowest BCUT2D eigenvalue weighted by Gasteiger charge is -2.39. The van der Waals surface area contributed by atoms with Crippen molar-refractivity contribution in [2.75, 3.05) is 18.0 Å². The molecule has 0 bridgehead atoms. The second-order valence-electron chi connectivity index (χ2n) is 5.86. The summed E-state index contributed by atoms with van der Waals surface area (Å²) in [5, 5.41) is 7.23. The molecule has 3 rings (SSSR count). The summed E-state index contributed by atoms with van der Waals surface area (Å²) in [6, 6.07) is 10.4. The van der Waals surface area contributed by atoms with Crippen LogP contribution in [0.2, 0.25) is 0 Å². The van der Waals surface area contributed by atoms with Crippen LogP contribution in [0.1, 0.15) is 33.1 Å². The third-order valence-corrected chi connectivity index (χ3v) is 5.22. The summed E-state index contributed by atoms with van der Waals surface area (Å²) in [5.41, 5.74) is 1.39. The fraction of sp³-hybridized carbons (Fsp3) is 0.529. The van der Waals surface area contributed by atoms with Crippen molar-refractivity contribution in [2.45, 2.75) is 45.2 Å². The van der Waals surface area contributed by atoms with Crippen molar-refractivity contribution in [3.05, 3.63) is 29.6 Å². The van der Waals surface area contributed by atoms with Crippen LogP contribution in [-0.4, -0.2) is 25.2 Å². The van der Waals surface area contributed by atoms with Crippen LogP contribution in [0.15, 0.2) is 29.6 Å². The van der Waals surface area contributed by atoms with Gasteiger partial charge in [-0.3, -0.25) is 0 Å². The average Bonchev–Trinajstić information content (AvgIpc) is 2.92. The van der Waals surface area contributed by atoms with E-state index in [2.05, 4.69) is 53.7 Å². The summed E-state index contributed by atoms with van der Waals surface area (Å²) in [4.78, 5) is 2.57. The van der Waals surface area contributed by atoms with Gasteiger partial charge in [0.1, 0.15) is 0 Å². The smallest absolute Gasteiger partial charge is 0.0375 e.